The molecule has 2 atom stereocenters. The Morgan fingerprint density at radius 1 is 1.00 bits per heavy atom. The van der Waals surface area contributed by atoms with Crippen LogP contribution in [-0.4, -0.2) is 15.1 Å². The summed E-state index contributed by atoms with van der Waals surface area (Å²) in [5, 5.41) is 0. The number of hydrogen-bond acceptors (Lipinski definition) is 1. The van der Waals surface area contributed by atoms with E-state index in [0.29, 0.717) is 0 Å². The monoisotopic (exact) mass is 154 g/mol. The molecule has 2 unspecified atom stereocenters. The van der Waals surface area contributed by atoms with Crippen molar-refractivity contribution in [2.24, 2.45) is 11.8 Å². The van der Waals surface area contributed by atoms with Crippen molar-refractivity contribution in [2.45, 2.75) is 37.5 Å². The quantitative estimate of drug-likeness (QED) is 0.481. The summed E-state index contributed by atoms with van der Waals surface area (Å²) in [4.78, 5) is 0. The zero-order chi connectivity index (χ0) is 6.55. The van der Waals surface area contributed by atoms with Gasteiger partial charge in [-0.25, -0.2) is 0 Å². The van der Waals surface area contributed by atoms with Crippen LogP contribution in [0, 0.1) is 11.8 Å². The van der Waals surface area contributed by atoms with Gasteiger partial charge in [0.25, 0.3) is 0 Å². The average molecular weight is 154 g/mol. The molecule has 1 nitrogen and oxygen atoms in total. The van der Waals surface area contributed by atoms with Crippen molar-refractivity contribution >= 4 is 9.04 Å². The largest absolute Gasteiger partial charge is 0.417 e. The van der Waals surface area contributed by atoms with Gasteiger partial charge in [-0.05, 0) is 43.2 Å². The highest BCUT2D eigenvalue weighted by atomic mass is 28.3. The number of rotatable bonds is 0. The van der Waals surface area contributed by atoms with E-state index < -0.39 is 9.04 Å². The van der Waals surface area contributed by atoms with E-state index >= 15 is 0 Å². The van der Waals surface area contributed by atoms with Crippen molar-refractivity contribution in [2.75, 3.05) is 0 Å². The van der Waals surface area contributed by atoms with Crippen molar-refractivity contribution in [1.29, 1.82) is 0 Å². The van der Waals surface area contributed by atoms with Crippen LogP contribution >= 0.6 is 0 Å². The molecule has 4 fully saturated rings. The molecule has 0 N–H and O–H groups in total. The van der Waals surface area contributed by atoms with Crippen molar-refractivity contribution in [3.05, 3.63) is 0 Å². The zero-order valence-electron chi connectivity index (χ0n) is 6.25. The SMILES string of the molecule is C1C2CC3CC1C[SiH](C2)O3. The molecule has 4 bridgehead atoms. The summed E-state index contributed by atoms with van der Waals surface area (Å²) in [5.41, 5.74) is 0. The molecule has 4 rings (SSSR count). The minimum absolute atomic E-state index is 0.584. The van der Waals surface area contributed by atoms with Gasteiger partial charge in [0, 0.05) is 6.10 Å². The molecule has 0 radical (unpaired) electrons. The molecule has 56 valence electrons. The fourth-order valence-electron chi connectivity index (χ4n) is 3.22. The third-order valence-electron chi connectivity index (χ3n) is 3.44. The molecule has 0 aromatic carbocycles. The summed E-state index contributed by atoms with van der Waals surface area (Å²) in [6.45, 7) is 0. The topological polar surface area (TPSA) is 9.23 Å². The van der Waals surface area contributed by atoms with Crippen molar-refractivity contribution in [3.8, 4) is 0 Å². The molecule has 0 aromatic heterocycles. The second kappa shape index (κ2) is 1.86. The molecule has 3 heterocycles. The van der Waals surface area contributed by atoms with E-state index in [0.717, 1.165) is 17.9 Å². The molecule has 3 aliphatic heterocycles. The highest BCUT2D eigenvalue weighted by Gasteiger charge is 2.43. The maximum atomic E-state index is 5.96. The van der Waals surface area contributed by atoms with Gasteiger partial charge in [-0.2, -0.15) is 0 Å². The van der Waals surface area contributed by atoms with Crippen LogP contribution in [0.5, 0.6) is 0 Å². The third-order valence-corrected chi connectivity index (χ3v) is 6.59. The van der Waals surface area contributed by atoms with Crippen LogP contribution in [0.4, 0.5) is 0 Å². The van der Waals surface area contributed by atoms with Crippen molar-refractivity contribution in [3.63, 3.8) is 0 Å². The lowest BCUT2D eigenvalue weighted by Gasteiger charge is -2.48. The summed E-state index contributed by atoms with van der Waals surface area (Å²) < 4.78 is 5.96. The first-order valence-electron chi connectivity index (χ1n) is 4.55. The maximum absolute atomic E-state index is 5.96. The molecule has 4 aliphatic rings. The van der Waals surface area contributed by atoms with E-state index in [1.54, 1.807) is 6.42 Å². The highest BCUT2D eigenvalue weighted by molar-refractivity contribution is 6.52. The smallest absolute Gasteiger partial charge is 0.177 e. The Balaban J connectivity index is 1.90. The zero-order valence-corrected chi connectivity index (χ0v) is 7.41. The van der Waals surface area contributed by atoms with Gasteiger partial charge in [-0.1, -0.05) is 0 Å². The Morgan fingerprint density at radius 2 is 1.70 bits per heavy atom. The minimum Gasteiger partial charge on any atom is -0.417 e. The molecule has 0 spiro atoms. The van der Waals surface area contributed by atoms with Gasteiger partial charge in [0.1, 0.15) is 0 Å². The van der Waals surface area contributed by atoms with Crippen LogP contribution in [0.2, 0.25) is 12.1 Å². The summed E-state index contributed by atoms with van der Waals surface area (Å²) in [6.07, 6.45) is 5.13. The third kappa shape index (κ3) is 0.721. The molecule has 0 amide bonds. The first-order valence-corrected chi connectivity index (χ1v) is 6.66. The van der Waals surface area contributed by atoms with E-state index in [-0.39, 0.29) is 0 Å². The minimum atomic E-state index is -0.584. The van der Waals surface area contributed by atoms with Crippen LogP contribution < -0.4 is 0 Å². The fourth-order valence-corrected chi connectivity index (χ4v) is 6.66. The van der Waals surface area contributed by atoms with Gasteiger partial charge in [0.15, 0.2) is 9.04 Å². The van der Waals surface area contributed by atoms with E-state index in [4.69, 9.17) is 4.43 Å². The molecular formula is C8H14OSi. The lowest BCUT2D eigenvalue weighted by molar-refractivity contribution is 0.0445. The Kier molecular flexibility index (Phi) is 1.07. The second-order valence-corrected chi connectivity index (χ2v) is 6.75. The van der Waals surface area contributed by atoms with E-state index in [9.17, 15) is 0 Å². The van der Waals surface area contributed by atoms with Crippen molar-refractivity contribution < 1.29 is 4.43 Å². The lowest BCUT2D eigenvalue weighted by Crippen LogP contribution is -2.47. The highest BCUT2D eigenvalue weighted by Crippen LogP contribution is 2.46. The van der Waals surface area contributed by atoms with Crippen LogP contribution in [0.1, 0.15) is 19.3 Å². The Bertz CT molecular complexity index is 101. The lowest BCUT2D eigenvalue weighted by atomic mass is 9.81. The number of hydrogen-bond donors (Lipinski definition) is 0. The Hall–Kier alpha value is 0.177. The predicted octanol–water partition coefficient (Wildman–Crippen LogP) is 1.54. The molecule has 1 aliphatic carbocycles. The maximum Gasteiger partial charge on any atom is 0.177 e. The molecule has 10 heavy (non-hydrogen) atoms. The van der Waals surface area contributed by atoms with Gasteiger partial charge in [-0.3, -0.25) is 0 Å². The molecule has 3 saturated heterocycles. The average Bonchev–Trinajstić information content (AvgIpc) is 1.82. The van der Waals surface area contributed by atoms with E-state index in [2.05, 4.69) is 0 Å². The normalized spacial score (nSPS) is 57.6. The summed E-state index contributed by atoms with van der Waals surface area (Å²) in [5.74, 6) is 2.23. The van der Waals surface area contributed by atoms with Gasteiger partial charge < -0.3 is 4.43 Å². The summed E-state index contributed by atoms with van der Waals surface area (Å²) >= 11 is 0. The fraction of sp³-hybridized carbons (Fsp3) is 1.00. The first-order chi connectivity index (χ1) is 4.90. The summed E-state index contributed by atoms with van der Waals surface area (Å²) in [6, 6.07) is 3.04. The summed E-state index contributed by atoms with van der Waals surface area (Å²) in [7, 11) is -0.584. The van der Waals surface area contributed by atoms with Crippen molar-refractivity contribution in [1.82, 2.24) is 0 Å². The van der Waals surface area contributed by atoms with E-state index in [1.807, 2.05) is 0 Å². The standard InChI is InChI=1S/C8H14OSi/c1-6-2-8-3-7(1)5-10(4-6)9-8/h6-8,10H,1-5H2. The van der Waals surface area contributed by atoms with Gasteiger partial charge in [0.2, 0.25) is 0 Å². The van der Waals surface area contributed by atoms with Gasteiger partial charge in [0.05, 0.1) is 0 Å². The van der Waals surface area contributed by atoms with E-state index in [1.165, 1.54) is 24.9 Å². The second-order valence-electron chi connectivity index (χ2n) is 4.29. The molecule has 0 aromatic rings. The molecular weight excluding hydrogens is 140 g/mol. The van der Waals surface area contributed by atoms with Crippen LogP contribution in [0.3, 0.4) is 0 Å². The predicted molar refractivity (Wildman–Crippen MR) is 42.5 cm³/mol. The van der Waals surface area contributed by atoms with Gasteiger partial charge >= 0.3 is 0 Å². The molecule has 1 saturated carbocycles. The van der Waals surface area contributed by atoms with Crippen LogP contribution in [0.25, 0.3) is 0 Å². The Morgan fingerprint density at radius 3 is 2.20 bits per heavy atom. The van der Waals surface area contributed by atoms with Crippen LogP contribution in [-0.2, 0) is 4.43 Å². The molecule has 2 heteroatoms. The first kappa shape index (κ1) is 5.78. The van der Waals surface area contributed by atoms with Gasteiger partial charge in [-0.15, -0.1) is 0 Å². The Labute approximate surface area is 63.5 Å². The van der Waals surface area contributed by atoms with Crippen LogP contribution in [0.15, 0.2) is 0 Å².